The van der Waals surface area contributed by atoms with E-state index in [0.717, 1.165) is 4.68 Å². The molecule has 0 fully saturated rings. The van der Waals surface area contributed by atoms with Crippen molar-refractivity contribution in [3.05, 3.63) is 58.1 Å². The Balaban J connectivity index is 1.67. The molecule has 0 aliphatic heterocycles. The Labute approximate surface area is 163 Å². The molecule has 2 aromatic heterocycles. The molecule has 27 heavy (non-hydrogen) atoms. The maximum atomic E-state index is 13.5. The van der Waals surface area contributed by atoms with Crippen molar-refractivity contribution in [2.75, 3.05) is 17.7 Å². The van der Waals surface area contributed by atoms with Crippen LogP contribution in [-0.2, 0) is 6.42 Å². The highest BCUT2D eigenvalue weighted by molar-refractivity contribution is 6.36. The fourth-order valence-electron chi connectivity index (χ4n) is 2.18. The van der Waals surface area contributed by atoms with Crippen LogP contribution in [0.2, 0.25) is 10.0 Å². The summed E-state index contributed by atoms with van der Waals surface area (Å²) >= 11 is 12.0. The van der Waals surface area contributed by atoms with Crippen molar-refractivity contribution in [1.82, 2.24) is 20.0 Å². The van der Waals surface area contributed by atoms with E-state index >= 15 is 0 Å². The van der Waals surface area contributed by atoms with Crippen LogP contribution in [0.25, 0.3) is 0 Å². The summed E-state index contributed by atoms with van der Waals surface area (Å²) in [7, 11) is 0. The Bertz CT molecular complexity index is 968. The lowest BCUT2D eigenvalue weighted by Crippen LogP contribution is -2.21. The molecule has 2 heterocycles. The molecule has 140 valence electrons. The average Bonchev–Trinajstić information content (AvgIpc) is 3.18. The van der Waals surface area contributed by atoms with Crippen LogP contribution in [0.15, 0.2) is 36.7 Å². The van der Waals surface area contributed by atoms with E-state index in [-0.39, 0.29) is 35.4 Å². The van der Waals surface area contributed by atoms with E-state index in [0.29, 0.717) is 10.6 Å². The molecule has 3 rings (SSSR count). The fraction of sp³-hybridized carbons (Fsp3) is 0.125. The van der Waals surface area contributed by atoms with E-state index in [1.54, 1.807) is 6.07 Å². The Morgan fingerprint density at radius 3 is 2.89 bits per heavy atom. The minimum absolute atomic E-state index is 0.0310. The van der Waals surface area contributed by atoms with Crippen molar-refractivity contribution in [3.63, 3.8) is 0 Å². The first-order valence-electron chi connectivity index (χ1n) is 7.65. The van der Waals surface area contributed by atoms with Crippen LogP contribution < -0.4 is 15.8 Å². The average molecular weight is 411 g/mol. The molecule has 0 atom stereocenters. The van der Waals surface area contributed by atoms with Gasteiger partial charge in [0.25, 0.3) is 0 Å². The molecule has 8 nitrogen and oxygen atoms in total. The van der Waals surface area contributed by atoms with E-state index in [9.17, 15) is 9.18 Å². The first kappa shape index (κ1) is 18.9. The number of nitrogens with one attached hydrogen (secondary N) is 1. The van der Waals surface area contributed by atoms with Gasteiger partial charge in [-0.2, -0.15) is 9.78 Å². The highest BCUT2D eigenvalue weighted by Crippen LogP contribution is 2.28. The zero-order chi connectivity index (χ0) is 19.4. The van der Waals surface area contributed by atoms with Crippen molar-refractivity contribution in [1.29, 1.82) is 0 Å². The van der Waals surface area contributed by atoms with Gasteiger partial charge in [-0.25, -0.2) is 9.18 Å². The van der Waals surface area contributed by atoms with Crippen molar-refractivity contribution in [3.8, 4) is 5.75 Å². The van der Waals surface area contributed by atoms with E-state index in [1.807, 2.05) is 0 Å². The normalized spacial score (nSPS) is 10.6. The maximum absolute atomic E-state index is 13.5. The lowest BCUT2D eigenvalue weighted by molar-refractivity contribution is 0.251. The number of benzene rings is 1. The molecule has 3 N–H and O–H groups in total. The molecule has 11 heteroatoms. The molecule has 0 aliphatic rings. The van der Waals surface area contributed by atoms with Gasteiger partial charge in [-0.15, -0.1) is 10.2 Å². The van der Waals surface area contributed by atoms with Gasteiger partial charge in [0.05, 0.1) is 11.6 Å². The van der Waals surface area contributed by atoms with Crippen molar-refractivity contribution in [2.24, 2.45) is 0 Å². The molecule has 0 bridgehead atoms. The molecule has 0 spiro atoms. The predicted molar refractivity (Wildman–Crippen MR) is 98.7 cm³/mol. The summed E-state index contributed by atoms with van der Waals surface area (Å²) in [4.78, 5) is 12.0. The zero-order valence-corrected chi connectivity index (χ0v) is 15.2. The van der Waals surface area contributed by atoms with Gasteiger partial charge in [0.15, 0.2) is 17.4 Å². The van der Waals surface area contributed by atoms with Crippen LogP contribution in [-0.4, -0.2) is 32.6 Å². The van der Waals surface area contributed by atoms with Gasteiger partial charge in [-0.3, -0.25) is 5.32 Å². The third-order valence-electron chi connectivity index (χ3n) is 3.48. The standard InChI is InChI=1S/C16H13Cl2FN6O2/c17-10-2-3-11(19)14(18)9(10)4-7-27-12-8-13(23-24-15(12)20)22-16(26)25-6-1-5-21-25/h1-3,5-6,8H,4,7H2,(H2,20,24)(H,22,23,26). The number of aromatic nitrogens is 4. The highest BCUT2D eigenvalue weighted by atomic mass is 35.5. The zero-order valence-electron chi connectivity index (χ0n) is 13.7. The van der Waals surface area contributed by atoms with Crippen LogP contribution in [0.4, 0.5) is 20.8 Å². The first-order chi connectivity index (χ1) is 13.0. The summed E-state index contributed by atoms with van der Waals surface area (Å²) in [6, 6.07) is 5.10. The number of carbonyl (C=O) groups is 1. The topological polar surface area (TPSA) is 108 Å². The molecular weight excluding hydrogens is 398 g/mol. The van der Waals surface area contributed by atoms with E-state index in [1.165, 1.54) is 30.6 Å². The summed E-state index contributed by atoms with van der Waals surface area (Å²) in [5.41, 5.74) is 6.16. The van der Waals surface area contributed by atoms with Gasteiger partial charge in [-0.05, 0) is 23.8 Å². The van der Waals surface area contributed by atoms with Crippen molar-refractivity contribution < 1.29 is 13.9 Å². The molecule has 0 saturated carbocycles. The highest BCUT2D eigenvalue weighted by Gasteiger charge is 2.13. The van der Waals surface area contributed by atoms with Crippen LogP contribution in [0.5, 0.6) is 5.75 Å². The number of anilines is 2. The molecule has 1 aromatic carbocycles. The Hall–Kier alpha value is -2.91. The van der Waals surface area contributed by atoms with E-state index in [2.05, 4.69) is 20.6 Å². The van der Waals surface area contributed by atoms with Crippen molar-refractivity contribution >= 4 is 40.9 Å². The second-order valence-electron chi connectivity index (χ2n) is 5.28. The maximum Gasteiger partial charge on any atom is 0.347 e. The molecule has 0 saturated heterocycles. The van der Waals surface area contributed by atoms with Gasteiger partial charge in [0.1, 0.15) is 5.82 Å². The van der Waals surface area contributed by atoms with Gasteiger partial charge < -0.3 is 10.5 Å². The summed E-state index contributed by atoms with van der Waals surface area (Å²) in [5, 5.41) is 14.1. The number of carbonyl (C=O) groups excluding carboxylic acids is 1. The fourth-order valence-corrected chi connectivity index (χ4v) is 2.74. The number of nitrogens with two attached hydrogens (primary N) is 1. The van der Waals surface area contributed by atoms with Gasteiger partial charge in [0.2, 0.25) is 0 Å². The Morgan fingerprint density at radius 2 is 2.15 bits per heavy atom. The molecular formula is C16H13Cl2FN6O2. The van der Waals surface area contributed by atoms with E-state index in [4.69, 9.17) is 33.7 Å². The molecule has 3 aromatic rings. The summed E-state index contributed by atoms with van der Waals surface area (Å²) in [5.74, 6) is -0.209. The number of halogens is 3. The third-order valence-corrected chi connectivity index (χ3v) is 4.24. The second-order valence-corrected chi connectivity index (χ2v) is 6.07. The van der Waals surface area contributed by atoms with Crippen LogP contribution in [0.3, 0.4) is 0 Å². The Kier molecular flexibility index (Phi) is 5.72. The lowest BCUT2D eigenvalue weighted by Gasteiger charge is -2.11. The van der Waals surface area contributed by atoms with Crippen molar-refractivity contribution in [2.45, 2.75) is 6.42 Å². The molecule has 0 unspecified atom stereocenters. The minimum Gasteiger partial charge on any atom is -0.489 e. The number of rotatable bonds is 5. The monoisotopic (exact) mass is 410 g/mol. The largest absolute Gasteiger partial charge is 0.489 e. The SMILES string of the molecule is Nc1nnc(NC(=O)n2cccn2)cc1OCCc1c(Cl)ccc(F)c1Cl. The second kappa shape index (κ2) is 8.19. The van der Waals surface area contributed by atoms with Crippen LogP contribution >= 0.6 is 23.2 Å². The van der Waals surface area contributed by atoms with Gasteiger partial charge in [-0.1, -0.05) is 23.2 Å². The molecule has 0 radical (unpaired) electrons. The number of nitrogens with zero attached hydrogens (tertiary/aromatic N) is 4. The lowest BCUT2D eigenvalue weighted by atomic mass is 10.1. The number of amides is 1. The minimum atomic E-state index is -0.565. The first-order valence-corrected chi connectivity index (χ1v) is 8.40. The number of ether oxygens (including phenoxy) is 1. The predicted octanol–water partition coefficient (Wildman–Crippen LogP) is 3.40. The van der Waals surface area contributed by atoms with E-state index < -0.39 is 11.8 Å². The summed E-state index contributed by atoms with van der Waals surface area (Å²) in [6.07, 6.45) is 3.18. The van der Waals surface area contributed by atoms with Crippen LogP contribution in [0, 0.1) is 5.82 Å². The molecule has 1 amide bonds. The quantitative estimate of drug-likeness (QED) is 0.623. The molecule has 0 aliphatic carbocycles. The third kappa shape index (κ3) is 4.44. The summed E-state index contributed by atoms with van der Waals surface area (Å²) < 4.78 is 20.2. The van der Waals surface area contributed by atoms with Crippen LogP contribution in [0.1, 0.15) is 5.56 Å². The van der Waals surface area contributed by atoms with Gasteiger partial charge >= 0.3 is 6.03 Å². The number of hydrogen-bond donors (Lipinski definition) is 2. The number of hydrogen-bond acceptors (Lipinski definition) is 6. The Morgan fingerprint density at radius 1 is 1.33 bits per heavy atom. The van der Waals surface area contributed by atoms with Gasteiger partial charge in [0, 0.05) is 29.9 Å². The number of nitrogen functional groups attached to an aromatic ring is 1. The smallest absolute Gasteiger partial charge is 0.347 e. The summed E-state index contributed by atoms with van der Waals surface area (Å²) in [6.45, 7) is 0.103.